The molecule has 4 heteroatoms. The van der Waals surface area contributed by atoms with Crippen LogP contribution >= 0.6 is 22.6 Å². The maximum atomic E-state index is 9.27. The molecule has 1 aromatic rings. The molecule has 94 valence electrons. The van der Waals surface area contributed by atoms with Crippen molar-refractivity contribution >= 4 is 22.6 Å². The summed E-state index contributed by atoms with van der Waals surface area (Å²) in [5, 5.41) is 9.27. The molecule has 1 aromatic carbocycles. The lowest BCUT2D eigenvalue weighted by atomic mass is 10.1. The Morgan fingerprint density at radius 2 is 1.94 bits per heavy atom. The van der Waals surface area contributed by atoms with Gasteiger partial charge in [0.2, 0.25) is 0 Å². The Bertz CT molecular complexity index is 359. The second-order valence-corrected chi connectivity index (χ2v) is 5.76. The lowest BCUT2D eigenvalue weighted by Crippen LogP contribution is -2.55. The molecule has 0 aromatic heterocycles. The van der Waals surface area contributed by atoms with Gasteiger partial charge < -0.3 is 14.3 Å². The fraction of sp³-hybridized carbons (Fsp3) is 0.538. The lowest BCUT2D eigenvalue weighted by Gasteiger charge is -2.41. The van der Waals surface area contributed by atoms with E-state index in [0.29, 0.717) is 0 Å². The van der Waals surface area contributed by atoms with E-state index in [9.17, 15) is 5.11 Å². The third kappa shape index (κ3) is 3.40. The highest BCUT2D eigenvalue weighted by molar-refractivity contribution is 14.1. The molecule has 0 saturated carbocycles. The van der Waals surface area contributed by atoms with E-state index in [1.807, 2.05) is 0 Å². The number of aliphatic hydroxyl groups is 1. The highest BCUT2D eigenvalue weighted by Gasteiger charge is 2.30. The first-order valence-electron chi connectivity index (χ1n) is 6.03. The van der Waals surface area contributed by atoms with Crippen molar-refractivity contribution in [3.05, 3.63) is 33.4 Å². The zero-order valence-corrected chi connectivity index (χ0v) is 12.1. The van der Waals surface area contributed by atoms with E-state index < -0.39 is 0 Å². The number of nitrogens with zero attached hydrogens (tertiary/aromatic N) is 1. The smallest absolute Gasteiger partial charge is 0.106 e. The van der Waals surface area contributed by atoms with E-state index >= 15 is 0 Å². The monoisotopic (exact) mass is 348 g/mol. The maximum absolute atomic E-state index is 9.27. The predicted octanol–water partition coefficient (Wildman–Crippen LogP) is 1.63. The van der Waals surface area contributed by atoms with Gasteiger partial charge in [0, 0.05) is 9.13 Å². The van der Waals surface area contributed by atoms with E-state index in [1.54, 1.807) is 0 Å². The van der Waals surface area contributed by atoms with Crippen molar-refractivity contribution in [1.82, 2.24) is 0 Å². The van der Waals surface area contributed by atoms with Crippen molar-refractivity contribution in [3.8, 4) is 0 Å². The van der Waals surface area contributed by atoms with Crippen LogP contribution in [0.4, 0.5) is 0 Å². The van der Waals surface area contributed by atoms with Gasteiger partial charge in [-0.2, -0.15) is 0 Å². The van der Waals surface area contributed by atoms with Gasteiger partial charge in [-0.05, 0) is 28.7 Å². The molecule has 0 unspecified atom stereocenters. The maximum Gasteiger partial charge on any atom is 0.106 e. The molecule has 1 aliphatic rings. The number of hydrogen-bond donors (Lipinski definition) is 1. The van der Waals surface area contributed by atoms with Gasteiger partial charge in [-0.15, -0.1) is 0 Å². The third-order valence-corrected chi connectivity index (χ3v) is 4.51. The number of benzene rings is 1. The first kappa shape index (κ1) is 13.3. The number of ether oxygens (including phenoxy) is 1. The van der Waals surface area contributed by atoms with E-state index in [2.05, 4.69) is 46.9 Å². The molecule has 17 heavy (non-hydrogen) atoms. The van der Waals surface area contributed by atoms with Crippen LogP contribution in [0.1, 0.15) is 5.56 Å². The van der Waals surface area contributed by atoms with Crippen LogP contribution in [0.5, 0.6) is 0 Å². The van der Waals surface area contributed by atoms with Gasteiger partial charge in [-0.25, -0.2) is 0 Å². The molecule has 1 aliphatic heterocycles. The predicted molar refractivity (Wildman–Crippen MR) is 75.6 cm³/mol. The van der Waals surface area contributed by atoms with Crippen LogP contribution in [-0.2, 0) is 11.3 Å². The standard InChI is InChI=1S/C13H19INO2/c14-13-4-2-1-3-12(13)11-15(5-8-16)6-9-17-10-7-15/h1-4,16H,5-11H2/q+1. The number of quaternary nitrogens is 1. The summed E-state index contributed by atoms with van der Waals surface area (Å²) in [7, 11) is 0. The van der Waals surface area contributed by atoms with Crippen LogP contribution < -0.4 is 0 Å². The van der Waals surface area contributed by atoms with Crippen molar-refractivity contribution in [2.75, 3.05) is 39.5 Å². The second kappa shape index (κ2) is 6.13. The molecule has 0 radical (unpaired) electrons. The third-order valence-electron chi connectivity index (χ3n) is 3.46. The van der Waals surface area contributed by atoms with Crippen molar-refractivity contribution in [2.24, 2.45) is 0 Å². The minimum absolute atomic E-state index is 0.253. The largest absolute Gasteiger partial charge is 0.391 e. The Labute approximate surface area is 116 Å². The van der Waals surface area contributed by atoms with Gasteiger partial charge in [0.1, 0.15) is 26.2 Å². The Morgan fingerprint density at radius 3 is 2.59 bits per heavy atom. The molecule has 0 aliphatic carbocycles. The zero-order valence-electron chi connectivity index (χ0n) is 9.94. The van der Waals surface area contributed by atoms with Crippen LogP contribution in [0.3, 0.4) is 0 Å². The minimum atomic E-state index is 0.253. The van der Waals surface area contributed by atoms with Gasteiger partial charge in [-0.1, -0.05) is 18.2 Å². The summed E-state index contributed by atoms with van der Waals surface area (Å²) in [6.45, 7) is 5.71. The molecule has 1 heterocycles. The number of hydrogen-bond acceptors (Lipinski definition) is 2. The summed E-state index contributed by atoms with van der Waals surface area (Å²) >= 11 is 2.39. The van der Waals surface area contributed by atoms with Crippen molar-refractivity contribution in [3.63, 3.8) is 0 Å². The van der Waals surface area contributed by atoms with Crippen LogP contribution in [0.25, 0.3) is 0 Å². The molecule has 3 nitrogen and oxygen atoms in total. The van der Waals surface area contributed by atoms with Crippen LogP contribution in [-0.4, -0.2) is 49.0 Å². The molecule has 0 atom stereocenters. The Kier molecular flexibility index (Phi) is 4.78. The van der Waals surface area contributed by atoms with Gasteiger partial charge >= 0.3 is 0 Å². The molecule has 1 fully saturated rings. The van der Waals surface area contributed by atoms with Gasteiger partial charge in [-0.3, -0.25) is 0 Å². The zero-order chi connectivity index (χ0) is 12.1. The van der Waals surface area contributed by atoms with Crippen LogP contribution in [0.2, 0.25) is 0 Å². The van der Waals surface area contributed by atoms with E-state index in [1.165, 1.54) is 9.13 Å². The molecular formula is C13H19INO2+. The average Bonchev–Trinajstić information content (AvgIpc) is 2.34. The SMILES string of the molecule is OCC[N+]1(Cc2ccccc2I)CCOCC1. The summed E-state index contributed by atoms with van der Waals surface area (Å²) in [6.07, 6.45) is 0. The summed E-state index contributed by atoms with van der Waals surface area (Å²) < 4.78 is 7.71. The Balaban J connectivity index is 2.14. The highest BCUT2D eigenvalue weighted by atomic mass is 127. The molecular weight excluding hydrogens is 329 g/mol. The topological polar surface area (TPSA) is 29.5 Å². The van der Waals surface area contributed by atoms with E-state index in [0.717, 1.165) is 43.9 Å². The van der Waals surface area contributed by atoms with Crippen molar-refractivity contribution in [1.29, 1.82) is 0 Å². The highest BCUT2D eigenvalue weighted by Crippen LogP contribution is 2.20. The number of rotatable bonds is 4. The Hall–Kier alpha value is -0.170. The first-order valence-corrected chi connectivity index (χ1v) is 7.11. The van der Waals surface area contributed by atoms with Crippen LogP contribution in [0, 0.1) is 3.57 Å². The average molecular weight is 348 g/mol. The summed E-state index contributed by atoms with van der Waals surface area (Å²) in [5.74, 6) is 0. The van der Waals surface area contributed by atoms with Crippen molar-refractivity contribution in [2.45, 2.75) is 6.54 Å². The van der Waals surface area contributed by atoms with Crippen molar-refractivity contribution < 1.29 is 14.3 Å². The molecule has 0 spiro atoms. The van der Waals surface area contributed by atoms with Gasteiger partial charge in [0.05, 0.1) is 19.8 Å². The number of halogens is 1. The molecule has 1 saturated heterocycles. The van der Waals surface area contributed by atoms with Crippen LogP contribution in [0.15, 0.2) is 24.3 Å². The molecule has 0 bridgehead atoms. The first-order chi connectivity index (χ1) is 8.26. The normalized spacial score (nSPS) is 19.2. The number of aliphatic hydroxyl groups excluding tert-OH is 1. The molecule has 0 amide bonds. The lowest BCUT2D eigenvalue weighted by molar-refractivity contribution is -0.947. The summed E-state index contributed by atoms with van der Waals surface area (Å²) in [4.78, 5) is 0. The quantitative estimate of drug-likeness (QED) is 0.662. The Morgan fingerprint density at radius 1 is 1.24 bits per heavy atom. The fourth-order valence-corrected chi connectivity index (χ4v) is 2.95. The second-order valence-electron chi connectivity index (χ2n) is 4.60. The number of morpholine rings is 1. The van der Waals surface area contributed by atoms with Gasteiger partial charge in [0.25, 0.3) is 0 Å². The summed E-state index contributed by atoms with van der Waals surface area (Å²) in [6, 6.07) is 8.49. The minimum Gasteiger partial charge on any atom is -0.391 e. The van der Waals surface area contributed by atoms with E-state index in [-0.39, 0.29) is 6.61 Å². The fourth-order valence-electron chi connectivity index (χ4n) is 2.39. The summed E-state index contributed by atoms with van der Waals surface area (Å²) in [5.41, 5.74) is 1.38. The molecule has 1 N–H and O–H groups in total. The van der Waals surface area contributed by atoms with Gasteiger partial charge in [0.15, 0.2) is 0 Å². The molecule has 2 rings (SSSR count). The van der Waals surface area contributed by atoms with E-state index in [4.69, 9.17) is 4.74 Å².